The minimum Gasteiger partial charge on any atom is -0.276 e. The number of hydrogen-bond acceptors (Lipinski definition) is 6. The number of fused-ring (bicyclic) bond motifs is 3. The van der Waals surface area contributed by atoms with E-state index in [0.717, 1.165) is 46.2 Å². The van der Waals surface area contributed by atoms with Gasteiger partial charge in [-0.1, -0.05) is 74.0 Å². The van der Waals surface area contributed by atoms with Gasteiger partial charge in [-0.2, -0.15) is 0 Å². The first-order valence-electron chi connectivity index (χ1n) is 10.8. The van der Waals surface area contributed by atoms with Gasteiger partial charge in [-0.3, -0.25) is 13.8 Å². The first-order valence-corrected chi connectivity index (χ1v) is 12.6. The monoisotopic (exact) mass is 461 g/mol. The number of nitrogens with zero attached hydrogens (tertiary/aromatic N) is 5. The van der Waals surface area contributed by atoms with Gasteiger partial charge in [-0.05, 0) is 18.6 Å². The molecule has 8 heteroatoms. The Hall–Kier alpha value is -2.97. The van der Waals surface area contributed by atoms with Crippen LogP contribution in [-0.2, 0) is 12.3 Å². The highest BCUT2D eigenvalue weighted by Crippen LogP contribution is 2.28. The Balaban J connectivity index is 1.49. The molecule has 0 atom stereocenters. The molecule has 5 aromatic rings. The van der Waals surface area contributed by atoms with E-state index in [-0.39, 0.29) is 5.56 Å². The minimum absolute atomic E-state index is 0.000146. The van der Waals surface area contributed by atoms with Crippen LogP contribution in [0.2, 0.25) is 0 Å². The van der Waals surface area contributed by atoms with Gasteiger partial charge in [0, 0.05) is 23.2 Å². The lowest BCUT2D eigenvalue weighted by Crippen LogP contribution is -2.23. The first-order chi connectivity index (χ1) is 15.8. The normalized spacial score (nSPS) is 11.5. The van der Waals surface area contributed by atoms with E-state index >= 15 is 0 Å². The lowest BCUT2D eigenvalue weighted by atomic mass is 10.2. The Morgan fingerprint density at radius 2 is 1.81 bits per heavy atom. The maximum atomic E-state index is 13.1. The Morgan fingerprint density at radius 3 is 2.66 bits per heavy atom. The van der Waals surface area contributed by atoms with Gasteiger partial charge in [0.15, 0.2) is 5.16 Å². The van der Waals surface area contributed by atoms with Crippen LogP contribution in [0, 0.1) is 0 Å². The summed E-state index contributed by atoms with van der Waals surface area (Å²) in [5, 5.41) is 13.4. The highest BCUT2D eigenvalue weighted by Gasteiger charge is 2.17. The fourth-order valence-electron chi connectivity index (χ4n) is 3.77. The van der Waals surface area contributed by atoms with Crippen LogP contribution in [-0.4, -0.2) is 24.1 Å². The average Bonchev–Trinajstić information content (AvgIpc) is 3.48. The third kappa shape index (κ3) is 3.96. The van der Waals surface area contributed by atoms with Gasteiger partial charge in [0.25, 0.3) is 5.56 Å². The standard InChI is InChI=1S/C24H23N5OS2/c1-2-3-9-14-28-22(30)19-12-7-8-13-20(19)29-23(28)26-27-24(29)32-16-18-15-31-21(25-18)17-10-5-4-6-11-17/h4-8,10-13,15H,2-3,9,14,16H2,1H3. The number of rotatable bonds is 8. The Bertz CT molecular complexity index is 1420. The first kappa shape index (κ1) is 20.9. The molecule has 0 N–H and O–H groups in total. The topological polar surface area (TPSA) is 65.1 Å². The van der Waals surface area contributed by atoms with Crippen LogP contribution in [0.25, 0.3) is 27.3 Å². The van der Waals surface area contributed by atoms with Crippen LogP contribution in [0.15, 0.2) is 69.9 Å². The summed E-state index contributed by atoms with van der Waals surface area (Å²) in [7, 11) is 0. The smallest absolute Gasteiger partial charge is 0.262 e. The second-order valence-corrected chi connectivity index (χ2v) is 9.40. The largest absolute Gasteiger partial charge is 0.276 e. The van der Waals surface area contributed by atoms with Crippen LogP contribution in [0.4, 0.5) is 0 Å². The van der Waals surface area contributed by atoms with Gasteiger partial charge in [-0.15, -0.1) is 21.5 Å². The molecule has 0 saturated carbocycles. The lowest BCUT2D eigenvalue weighted by Gasteiger charge is -2.11. The number of hydrogen-bond donors (Lipinski definition) is 0. The van der Waals surface area contributed by atoms with Crippen LogP contribution >= 0.6 is 23.1 Å². The number of benzene rings is 2. The molecule has 0 aliphatic heterocycles. The average molecular weight is 462 g/mol. The molecule has 0 bridgehead atoms. The van der Waals surface area contributed by atoms with Crippen LogP contribution in [0.3, 0.4) is 0 Å². The highest BCUT2D eigenvalue weighted by molar-refractivity contribution is 7.98. The molecule has 0 unspecified atom stereocenters. The third-order valence-corrected chi connectivity index (χ3v) is 7.29. The predicted molar refractivity (Wildman–Crippen MR) is 131 cm³/mol. The molecule has 2 aromatic carbocycles. The third-order valence-electron chi connectivity index (χ3n) is 5.39. The van der Waals surface area contributed by atoms with Gasteiger partial charge in [0.05, 0.1) is 16.6 Å². The van der Waals surface area contributed by atoms with E-state index < -0.39 is 0 Å². The van der Waals surface area contributed by atoms with Crippen molar-refractivity contribution in [3.63, 3.8) is 0 Å². The van der Waals surface area contributed by atoms with Crippen LogP contribution in [0.5, 0.6) is 0 Å². The van der Waals surface area contributed by atoms with E-state index in [4.69, 9.17) is 4.98 Å². The molecule has 0 amide bonds. The van der Waals surface area contributed by atoms with Crippen molar-refractivity contribution in [3.05, 3.63) is 76.0 Å². The van der Waals surface area contributed by atoms with Crippen molar-refractivity contribution in [1.29, 1.82) is 0 Å². The molecule has 0 saturated heterocycles. The van der Waals surface area contributed by atoms with Crippen molar-refractivity contribution in [3.8, 4) is 10.6 Å². The number of unbranched alkanes of at least 4 members (excludes halogenated alkanes) is 2. The summed E-state index contributed by atoms with van der Waals surface area (Å²) in [6, 6.07) is 17.9. The molecule has 5 rings (SSSR count). The van der Waals surface area contributed by atoms with Crippen LogP contribution < -0.4 is 5.56 Å². The van der Waals surface area contributed by atoms with Crippen molar-refractivity contribution < 1.29 is 0 Å². The molecule has 3 heterocycles. The molecule has 162 valence electrons. The lowest BCUT2D eigenvalue weighted by molar-refractivity contribution is 0.594. The van der Waals surface area contributed by atoms with Crippen molar-refractivity contribution >= 4 is 39.8 Å². The van der Waals surface area contributed by atoms with Gasteiger partial charge in [-0.25, -0.2) is 4.98 Å². The fourth-order valence-corrected chi connectivity index (χ4v) is 5.54. The maximum Gasteiger partial charge on any atom is 0.262 e. The summed E-state index contributed by atoms with van der Waals surface area (Å²) < 4.78 is 3.78. The van der Waals surface area contributed by atoms with Crippen molar-refractivity contribution in [1.82, 2.24) is 24.1 Å². The summed E-state index contributed by atoms with van der Waals surface area (Å²) in [5.74, 6) is 1.29. The van der Waals surface area contributed by atoms with Gasteiger partial charge < -0.3 is 0 Å². The van der Waals surface area contributed by atoms with Gasteiger partial charge in [0.1, 0.15) is 5.01 Å². The fraction of sp³-hybridized carbons (Fsp3) is 0.250. The number of aromatic nitrogens is 5. The van der Waals surface area contributed by atoms with Crippen LogP contribution in [0.1, 0.15) is 31.9 Å². The zero-order valence-electron chi connectivity index (χ0n) is 17.8. The Kier molecular flexibility index (Phi) is 6.05. The molecule has 0 fully saturated rings. The SMILES string of the molecule is CCCCCn1c(=O)c2ccccc2n2c(SCc3csc(-c4ccccc4)n3)nnc12. The van der Waals surface area contributed by atoms with E-state index in [1.807, 2.05) is 46.9 Å². The zero-order chi connectivity index (χ0) is 21.9. The zero-order valence-corrected chi connectivity index (χ0v) is 19.4. The van der Waals surface area contributed by atoms with E-state index in [1.54, 1.807) is 27.7 Å². The number of thioether (sulfide) groups is 1. The molecule has 0 aliphatic rings. The Morgan fingerprint density at radius 1 is 1.00 bits per heavy atom. The molecule has 0 radical (unpaired) electrons. The molecule has 0 spiro atoms. The number of thiazole rings is 1. The second-order valence-electron chi connectivity index (χ2n) is 7.60. The molecular weight excluding hydrogens is 438 g/mol. The maximum absolute atomic E-state index is 13.1. The Labute approximate surface area is 194 Å². The summed E-state index contributed by atoms with van der Waals surface area (Å²) in [6.45, 7) is 2.81. The van der Waals surface area contributed by atoms with E-state index in [9.17, 15) is 4.79 Å². The van der Waals surface area contributed by atoms with E-state index in [0.29, 0.717) is 23.5 Å². The second kappa shape index (κ2) is 9.26. The number of aryl methyl sites for hydroxylation is 1. The minimum atomic E-state index is 0.000146. The summed E-state index contributed by atoms with van der Waals surface area (Å²) in [5.41, 5.74) is 2.98. The molecule has 6 nitrogen and oxygen atoms in total. The van der Waals surface area contributed by atoms with Gasteiger partial charge >= 0.3 is 0 Å². The predicted octanol–water partition coefficient (Wildman–Crippen LogP) is 5.65. The highest BCUT2D eigenvalue weighted by atomic mass is 32.2. The molecular formula is C24H23N5OS2. The quantitative estimate of drug-likeness (QED) is 0.221. The summed E-state index contributed by atoms with van der Waals surface area (Å²) in [6.07, 6.45) is 3.13. The van der Waals surface area contributed by atoms with Crippen molar-refractivity contribution in [2.24, 2.45) is 0 Å². The molecule has 0 aliphatic carbocycles. The van der Waals surface area contributed by atoms with Crippen molar-refractivity contribution in [2.75, 3.05) is 0 Å². The van der Waals surface area contributed by atoms with Gasteiger partial charge in [0.2, 0.25) is 5.78 Å². The van der Waals surface area contributed by atoms with Crippen molar-refractivity contribution in [2.45, 2.75) is 43.6 Å². The molecule has 32 heavy (non-hydrogen) atoms. The number of para-hydroxylation sites is 1. The van der Waals surface area contributed by atoms with E-state index in [2.05, 4.69) is 34.6 Å². The summed E-state index contributed by atoms with van der Waals surface area (Å²) >= 11 is 3.24. The summed E-state index contributed by atoms with van der Waals surface area (Å²) in [4.78, 5) is 17.9. The van der Waals surface area contributed by atoms with E-state index in [1.165, 1.54) is 0 Å². The molecule has 3 aromatic heterocycles.